The molecule has 3 heterocycles. The van der Waals surface area contributed by atoms with Gasteiger partial charge in [-0.1, -0.05) is 18.2 Å². The van der Waals surface area contributed by atoms with Crippen LogP contribution >= 0.6 is 0 Å². The van der Waals surface area contributed by atoms with E-state index in [-0.39, 0.29) is 11.9 Å². The minimum atomic E-state index is -0.0889. The summed E-state index contributed by atoms with van der Waals surface area (Å²) in [7, 11) is 0. The van der Waals surface area contributed by atoms with Crippen LogP contribution in [0, 0.1) is 6.92 Å². The van der Waals surface area contributed by atoms with Crippen molar-refractivity contribution in [2.24, 2.45) is 0 Å². The number of hydrogen-bond donors (Lipinski definition) is 1. The molecule has 2 aliphatic rings. The summed E-state index contributed by atoms with van der Waals surface area (Å²) in [4.78, 5) is 17.4. The zero-order chi connectivity index (χ0) is 17.4. The third-order valence-electron chi connectivity index (χ3n) is 5.66. The molecule has 25 heavy (non-hydrogen) atoms. The molecule has 0 radical (unpaired) electrons. The standard InChI is InChI=1S/C20H26N4O/c1-14-12-18(22-21-14)17-7-5-10-23(13-17)15(2)20(25)24-11-9-16-6-3-4-8-19(16)24/h3-4,6,8,12,15,17H,5,7,9-11,13H2,1-2H3,(H,21,22)/t15-,17-/m0/s1. The molecular formula is C20H26N4O. The van der Waals surface area contributed by atoms with Crippen molar-refractivity contribution in [1.29, 1.82) is 0 Å². The number of nitrogens with zero attached hydrogens (tertiary/aromatic N) is 3. The van der Waals surface area contributed by atoms with Crippen LogP contribution in [0.5, 0.6) is 0 Å². The fraction of sp³-hybridized carbons (Fsp3) is 0.500. The van der Waals surface area contributed by atoms with Crippen molar-refractivity contribution in [2.45, 2.75) is 45.1 Å². The minimum absolute atomic E-state index is 0.0889. The summed E-state index contributed by atoms with van der Waals surface area (Å²) in [5.74, 6) is 0.642. The van der Waals surface area contributed by atoms with Crippen molar-refractivity contribution in [2.75, 3.05) is 24.5 Å². The van der Waals surface area contributed by atoms with Crippen LogP contribution < -0.4 is 4.90 Å². The summed E-state index contributed by atoms with van der Waals surface area (Å²) in [6.45, 7) is 6.79. The zero-order valence-electron chi connectivity index (χ0n) is 15.0. The average Bonchev–Trinajstić information content (AvgIpc) is 3.27. The third-order valence-corrected chi connectivity index (χ3v) is 5.66. The first-order valence-corrected chi connectivity index (χ1v) is 9.28. The number of hydrogen-bond acceptors (Lipinski definition) is 3. The highest BCUT2D eigenvalue weighted by Crippen LogP contribution is 2.31. The summed E-state index contributed by atoms with van der Waals surface area (Å²) in [6.07, 6.45) is 3.23. The van der Waals surface area contributed by atoms with Gasteiger partial charge in [-0.2, -0.15) is 5.10 Å². The second-order valence-corrected chi connectivity index (χ2v) is 7.35. The van der Waals surface area contributed by atoms with E-state index in [1.807, 2.05) is 17.9 Å². The van der Waals surface area contributed by atoms with Crippen molar-refractivity contribution in [3.8, 4) is 0 Å². The fourth-order valence-corrected chi connectivity index (χ4v) is 4.20. The fourth-order valence-electron chi connectivity index (χ4n) is 4.20. The smallest absolute Gasteiger partial charge is 0.244 e. The molecule has 1 aromatic heterocycles. The number of likely N-dealkylation sites (tertiary alicyclic amines) is 1. The molecule has 1 saturated heterocycles. The second kappa shape index (κ2) is 6.64. The highest BCUT2D eigenvalue weighted by Gasteiger charge is 2.33. The van der Waals surface area contributed by atoms with Crippen LogP contribution in [-0.4, -0.2) is 46.7 Å². The molecule has 0 unspecified atom stereocenters. The van der Waals surface area contributed by atoms with E-state index < -0.39 is 0 Å². The number of aromatic nitrogens is 2. The summed E-state index contributed by atoms with van der Waals surface area (Å²) in [5, 5.41) is 7.48. The van der Waals surface area contributed by atoms with Crippen molar-refractivity contribution < 1.29 is 4.79 Å². The molecule has 5 nitrogen and oxygen atoms in total. The molecule has 2 aromatic rings. The Balaban J connectivity index is 1.47. The van der Waals surface area contributed by atoms with Crippen molar-refractivity contribution in [3.05, 3.63) is 47.3 Å². The van der Waals surface area contributed by atoms with E-state index in [1.165, 1.54) is 5.56 Å². The SMILES string of the molecule is Cc1cc([C@H]2CCCN([C@@H](C)C(=O)N3CCc4ccccc43)C2)n[nH]1. The van der Waals surface area contributed by atoms with E-state index in [0.29, 0.717) is 5.92 Å². The Morgan fingerprint density at radius 2 is 2.16 bits per heavy atom. The van der Waals surface area contributed by atoms with E-state index in [1.54, 1.807) is 0 Å². The summed E-state index contributed by atoms with van der Waals surface area (Å²) < 4.78 is 0. The number of piperidine rings is 1. The second-order valence-electron chi connectivity index (χ2n) is 7.35. The normalized spacial score (nSPS) is 22.0. The molecule has 0 aliphatic carbocycles. The van der Waals surface area contributed by atoms with Crippen molar-refractivity contribution >= 4 is 11.6 Å². The summed E-state index contributed by atoms with van der Waals surface area (Å²) in [5.41, 5.74) is 4.61. The molecule has 0 spiro atoms. The number of rotatable bonds is 3. The number of para-hydroxylation sites is 1. The number of aryl methyl sites for hydroxylation is 1. The van der Waals surface area contributed by atoms with Crippen LogP contribution in [0.2, 0.25) is 0 Å². The van der Waals surface area contributed by atoms with Gasteiger partial charge in [0.15, 0.2) is 0 Å². The van der Waals surface area contributed by atoms with Crippen LogP contribution in [0.1, 0.15) is 42.6 Å². The number of nitrogens with one attached hydrogen (secondary N) is 1. The average molecular weight is 338 g/mol. The number of anilines is 1. The van der Waals surface area contributed by atoms with Crippen LogP contribution in [0.15, 0.2) is 30.3 Å². The number of benzene rings is 1. The van der Waals surface area contributed by atoms with Gasteiger partial charge in [0.25, 0.3) is 0 Å². The Morgan fingerprint density at radius 3 is 2.96 bits per heavy atom. The first kappa shape index (κ1) is 16.3. The monoisotopic (exact) mass is 338 g/mol. The van der Waals surface area contributed by atoms with Gasteiger partial charge in [-0.25, -0.2) is 0 Å². The lowest BCUT2D eigenvalue weighted by atomic mass is 9.93. The third kappa shape index (κ3) is 3.09. The topological polar surface area (TPSA) is 52.2 Å². The highest BCUT2D eigenvalue weighted by molar-refractivity contribution is 5.98. The van der Waals surface area contributed by atoms with E-state index >= 15 is 0 Å². The Morgan fingerprint density at radius 1 is 1.32 bits per heavy atom. The molecular weight excluding hydrogens is 312 g/mol. The molecule has 1 N–H and O–H groups in total. The van der Waals surface area contributed by atoms with E-state index in [0.717, 1.165) is 56.0 Å². The predicted octanol–water partition coefficient (Wildman–Crippen LogP) is 2.88. The molecule has 1 amide bonds. The molecule has 5 heteroatoms. The van der Waals surface area contributed by atoms with E-state index in [9.17, 15) is 4.79 Å². The van der Waals surface area contributed by atoms with Gasteiger partial charge < -0.3 is 4.90 Å². The molecule has 4 rings (SSSR count). The summed E-state index contributed by atoms with van der Waals surface area (Å²) >= 11 is 0. The highest BCUT2D eigenvalue weighted by atomic mass is 16.2. The predicted molar refractivity (Wildman–Crippen MR) is 98.8 cm³/mol. The van der Waals surface area contributed by atoms with Crippen molar-refractivity contribution in [1.82, 2.24) is 15.1 Å². The van der Waals surface area contributed by atoms with Gasteiger partial charge >= 0.3 is 0 Å². The van der Waals surface area contributed by atoms with Gasteiger partial charge in [0.2, 0.25) is 5.91 Å². The lowest BCUT2D eigenvalue weighted by Crippen LogP contribution is -2.49. The lowest BCUT2D eigenvalue weighted by molar-refractivity contribution is -0.123. The Hall–Kier alpha value is -2.14. The number of H-pyrrole nitrogens is 1. The lowest BCUT2D eigenvalue weighted by Gasteiger charge is -2.37. The summed E-state index contributed by atoms with van der Waals surface area (Å²) in [6, 6.07) is 10.3. The van der Waals surface area contributed by atoms with Crippen LogP contribution in [0.25, 0.3) is 0 Å². The Labute approximate surface area is 149 Å². The molecule has 0 saturated carbocycles. The van der Waals surface area contributed by atoms with Gasteiger partial charge in [0, 0.05) is 30.4 Å². The maximum Gasteiger partial charge on any atom is 0.244 e. The number of carbonyl (C=O) groups excluding carboxylic acids is 1. The van der Waals surface area contributed by atoms with Gasteiger partial charge in [-0.15, -0.1) is 0 Å². The number of fused-ring (bicyclic) bond motifs is 1. The van der Waals surface area contributed by atoms with Crippen molar-refractivity contribution in [3.63, 3.8) is 0 Å². The number of amides is 1. The quantitative estimate of drug-likeness (QED) is 0.936. The zero-order valence-corrected chi connectivity index (χ0v) is 15.0. The minimum Gasteiger partial charge on any atom is -0.310 e. The van der Waals surface area contributed by atoms with E-state index in [2.05, 4.69) is 46.3 Å². The molecule has 1 fully saturated rings. The maximum atomic E-state index is 13.1. The molecule has 132 valence electrons. The molecule has 0 bridgehead atoms. The number of carbonyl (C=O) groups is 1. The van der Waals surface area contributed by atoms with Crippen LogP contribution in [0.4, 0.5) is 5.69 Å². The van der Waals surface area contributed by atoms with Gasteiger partial charge in [0.05, 0.1) is 11.7 Å². The Kier molecular flexibility index (Phi) is 4.34. The van der Waals surface area contributed by atoms with Crippen LogP contribution in [-0.2, 0) is 11.2 Å². The molecule has 2 aliphatic heterocycles. The first-order chi connectivity index (χ1) is 12.1. The largest absolute Gasteiger partial charge is 0.310 e. The molecule has 1 aromatic carbocycles. The Bertz CT molecular complexity index is 769. The first-order valence-electron chi connectivity index (χ1n) is 9.28. The van der Waals surface area contributed by atoms with Gasteiger partial charge in [-0.3, -0.25) is 14.8 Å². The van der Waals surface area contributed by atoms with Gasteiger partial charge in [0.1, 0.15) is 0 Å². The maximum absolute atomic E-state index is 13.1. The molecule has 2 atom stereocenters. The number of aromatic amines is 1. The van der Waals surface area contributed by atoms with Crippen LogP contribution in [0.3, 0.4) is 0 Å². The van der Waals surface area contributed by atoms with Gasteiger partial charge in [-0.05, 0) is 57.4 Å². The van der Waals surface area contributed by atoms with E-state index in [4.69, 9.17) is 0 Å².